The van der Waals surface area contributed by atoms with Crippen molar-refractivity contribution in [3.8, 4) is 0 Å². The van der Waals surface area contributed by atoms with E-state index in [4.69, 9.17) is 28.0 Å². The molecular formula is C33H48Cl2O2. The highest BCUT2D eigenvalue weighted by atomic mass is 35.5. The molecule has 0 bridgehead atoms. The Morgan fingerprint density at radius 3 is 1.86 bits per heavy atom. The summed E-state index contributed by atoms with van der Waals surface area (Å²) >= 11 is 11.7. The van der Waals surface area contributed by atoms with Gasteiger partial charge in [0, 0.05) is 21.9 Å². The highest BCUT2D eigenvalue weighted by Gasteiger charge is 2.44. The summed E-state index contributed by atoms with van der Waals surface area (Å²) in [6.07, 6.45) is 12.1. The SMILES string of the molecule is C=C.C=O.CC.CC(CCC1(c2ccc(Cl)cc2)CC1)C(=O)C1CCCCCC1.Cc1ccccc1Cl. The van der Waals surface area contributed by atoms with E-state index in [1.165, 1.54) is 44.1 Å². The van der Waals surface area contributed by atoms with E-state index in [-0.39, 0.29) is 5.92 Å². The van der Waals surface area contributed by atoms with E-state index in [1.54, 1.807) is 0 Å². The van der Waals surface area contributed by atoms with Gasteiger partial charge in [0.2, 0.25) is 0 Å². The molecule has 2 aliphatic rings. The highest BCUT2D eigenvalue weighted by molar-refractivity contribution is 6.31. The van der Waals surface area contributed by atoms with Crippen molar-refractivity contribution in [3.63, 3.8) is 0 Å². The van der Waals surface area contributed by atoms with E-state index in [0.29, 0.717) is 17.1 Å². The molecule has 2 aliphatic carbocycles. The maximum atomic E-state index is 12.8. The summed E-state index contributed by atoms with van der Waals surface area (Å²) in [5.74, 6) is 1.11. The number of hydrogen-bond donors (Lipinski definition) is 0. The van der Waals surface area contributed by atoms with E-state index in [0.717, 1.165) is 41.3 Å². The van der Waals surface area contributed by atoms with E-state index in [2.05, 4.69) is 32.2 Å². The molecule has 0 aliphatic heterocycles. The van der Waals surface area contributed by atoms with Crippen molar-refractivity contribution in [1.82, 2.24) is 0 Å². The van der Waals surface area contributed by atoms with Gasteiger partial charge in [0.15, 0.2) is 0 Å². The Bertz CT molecular complexity index is 843. The number of ketones is 1. The summed E-state index contributed by atoms with van der Waals surface area (Å²) in [4.78, 5) is 20.8. The van der Waals surface area contributed by atoms with Gasteiger partial charge in [-0.15, -0.1) is 13.2 Å². The molecule has 2 nitrogen and oxygen atoms in total. The summed E-state index contributed by atoms with van der Waals surface area (Å²) < 4.78 is 0. The summed E-state index contributed by atoms with van der Waals surface area (Å²) in [7, 11) is 0. The molecule has 0 radical (unpaired) electrons. The lowest BCUT2D eigenvalue weighted by molar-refractivity contribution is -0.127. The predicted molar refractivity (Wildman–Crippen MR) is 163 cm³/mol. The summed E-state index contributed by atoms with van der Waals surface area (Å²) in [6.45, 7) is 16.1. The molecule has 0 amide bonds. The smallest absolute Gasteiger partial charge is 0.138 e. The molecule has 2 aromatic rings. The lowest BCUT2D eigenvalue weighted by atomic mass is 9.82. The molecule has 4 rings (SSSR count). The normalized spacial score (nSPS) is 16.3. The number of hydrogen-bond acceptors (Lipinski definition) is 2. The average molecular weight is 548 g/mol. The van der Waals surface area contributed by atoms with Gasteiger partial charge in [0.25, 0.3) is 0 Å². The van der Waals surface area contributed by atoms with Gasteiger partial charge in [-0.3, -0.25) is 4.79 Å². The molecule has 0 spiro atoms. The number of carbonyl (C=O) groups is 2. The molecule has 1 atom stereocenters. The molecule has 0 aromatic heterocycles. The fraction of sp³-hybridized carbons (Fsp3) is 0.515. The third-order valence-corrected chi connectivity index (χ3v) is 7.86. The zero-order valence-electron chi connectivity index (χ0n) is 23.5. The van der Waals surface area contributed by atoms with Gasteiger partial charge >= 0.3 is 0 Å². The number of rotatable bonds is 6. The maximum Gasteiger partial charge on any atom is 0.138 e. The Morgan fingerprint density at radius 2 is 1.43 bits per heavy atom. The molecule has 2 aromatic carbocycles. The second kappa shape index (κ2) is 20.1. The topological polar surface area (TPSA) is 34.1 Å². The van der Waals surface area contributed by atoms with Crippen LogP contribution in [0, 0.1) is 18.8 Å². The van der Waals surface area contributed by atoms with Crippen LogP contribution in [0.1, 0.15) is 96.1 Å². The molecule has 0 saturated heterocycles. The molecule has 206 valence electrons. The molecule has 0 heterocycles. The first kappa shape index (κ1) is 35.1. The fourth-order valence-corrected chi connectivity index (χ4v) is 5.05. The minimum absolute atomic E-state index is 0.225. The summed E-state index contributed by atoms with van der Waals surface area (Å²) in [6, 6.07) is 16.1. The first-order chi connectivity index (χ1) is 17.9. The Labute approximate surface area is 236 Å². The third-order valence-electron chi connectivity index (χ3n) is 7.19. The molecular weight excluding hydrogens is 499 g/mol. The largest absolute Gasteiger partial charge is 0.307 e. The number of carbonyl (C=O) groups excluding carboxylic acids is 2. The zero-order valence-corrected chi connectivity index (χ0v) is 25.1. The van der Waals surface area contributed by atoms with Crippen LogP contribution in [-0.4, -0.2) is 12.6 Å². The quantitative estimate of drug-likeness (QED) is 0.266. The van der Waals surface area contributed by atoms with Crippen LogP contribution < -0.4 is 0 Å². The van der Waals surface area contributed by atoms with E-state index in [9.17, 15) is 4.79 Å². The van der Waals surface area contributed by atoms with Crippen molar-refractivity contribution in [3.05, 3.63) is 82.9 Å². The summed E-state index contributed by atoms with van der Waals surface area (Å²) in [5, 5.41) is 1.65. The highest BCUT2D eigenvalue weighted by Crippen LogP contribution is 2.52. The second-order valence-electron chi connectivity index (χ2n) is 9.57. The van der Waals surface area contributed by atoms with Crippen molar-refractivity contribution in [2.24, 2.45) is 11.8 Å². The molecule has 37 heavy (non-hydrogen) atoms. The van der Waals surface area contributed by atoms with Crippen molar-refractivity contribution in [2.75, 3.05) is 0 Å². The zero-order chi connectivity index (χ0) is 28.3. The van der Waals surface area contributed by atoms with Crippen molar-refractivity contribution >= 4 is 35.8 Å². The first-order valence-electron chi connectivity index (χ1n) is 13.7. The Morgan fingerprint density at radius 1 is 0.919 bits per heavy atom. The molecule has 0 N–H and O–H groups in total. The second-order valence-corrected chi connectivity index (χ2v) is 10.4. The predicted octanol–water partition coefficient (Wildman–Crippen LogP) is 10.6. The van der Waals surface area contributed by atoms with Crippen LogP contribution in [0.4, 0.5) is 0 Å². The van der Waals surface area contributed by atoms with Crippen LogP contribution in [0.15, 0.2) is 61.7 Å². The van der Waals surface area contributed by atoms with Gasteiger partial charge in [-0.2, -0.15) is 0 Å². The van der Waals surface area contributed by atoms with Gasteiger partial charge in [-0.1, -0.05) is 100.0 Å². The monoisotopic (exact) mass is 546 g/mol. The van der Waals surface area contributed by atoms with E-state index < -0.39 is 0 Å². The van der Waals surface area contributed by atoms with Crippen LogP contribution in [0.25, 0.3) is 0 Å². The minimum atomic E-state index is 0.225. The number of halogens is 2. The molecule has 1 unspecified atom stereocenters. The van der Waals surface area contributed by atoms with Crippen LogP contribution in [-0.2, 0) is 15.0 Å². The number of Topliss-reactive ketones (excluding diaryl/α,β-unsaturated/α-hetero) is 1. The van der Waals surface area contributed by atoms with Gasteiger partial charge in [0.1, 0.15) is 12.6 Å². The standard InChI is InChI=1S/C21H29ClO.C7H7Cl.C2H6.C2H4.CH2O/c1-16(20(23)17-6-4-2-3-5-7-17)12-13-21(14-15-21)18-8-10-19(22)11-9-18;1-6-4-2-3-5-7(6)8;3*1-2/h8-11,16-17H,2-7,12-15H2,1H3;2-5H,1H3;1-2H3;1-2H2;1H2. The lowest BCUT2D eigenvalue weighted by Gasteiger charge is -2.21. The van der Waals surface area contributed by atoms with Crippen molar-refractivity contribution in [1.29, 1.82) is 0 Å². The van der Waals surface area contributed by atoms with Gasteiger partial charge in [-0.25, -0.2) is 0 Å². The van der Waals surface area contributed by atoms with Crippen LogP contribution in [0.3, 0.4) is 0 Å². The van der Waals surface area contributed by atoms with Gasteiger partial charge < -0.3 is 4.79 Å². The van der Waals surface area contributed by atoms with Crippen LogP contribution >= 0.6 is 23.2 Å². The number of benzene rings is 2. The van der Waals surface area contributed by atoms with E-state index in [1.807, 2.05) is 64.0 Å². The Hall–Kier alpha value is -1.90. The molecule has 2 saturated carbocycles. The molecule has 2 fully saturated rings. The van der Waals surface area contributed by atoms with Crippen LogP contribution in [0.5, 0.6) is 0 Å². The first-order valence-corrected chi connectivity index (χ1v) is 14.5. The van der Waals surface area contributed by atoms with Crippen LogP contribution in [0.2, 0.25) is 10.0 Å². The molecule has 4 heteroatoms. The number of aryl methyl sites for hydroxylation is 1. The van der Waals surface area contributed by atoms with Gasteiger partial charge in [-0.05, 0) is 80.2 Å². The van der Waals surface area contributed by atoms with Crippen molar-refractivity contribution < 1.29 is 9.59 Å². The fourth-order valence-electron chi connectivity index (χ4n) is 4.79. The van der Waals surface area contributed by atoms with E-state index >= 15 is 0 Å². The maximum absolute atomic E-state index is 12.8. The average Bonchev–Trinajstić information content (AvgIpc) is 3.78. The lowest BCUT2D eigenvalue weighted by Crippen LogP contribution is -2.22. The third kappa shape index (κ3) is 12.5. The Balaban J connectivity index is 0.000000773. The minimum Gasteiger partial charge on any atom is -0.307 e. The van der Waals surface area contributed by atoms with Gasteiger partial charge in [0.05, 0.1) is 0 Å². The Kier molecular flexibility index (Phi) is 19.1. The van der Waals surface area contributed by atoms with Crippen molar-refractivity contribution in [2.45, 2.75) is 97.3 Å². The summed E-state index contributed by atoms with van der Waals surface area (Å²) in [5.41, 5.74) is 2.88.